The molecule has 7 nitrogen and oxygen atoms in total. The van der Waals surface area contributed by atoms with Crippen molar-refractivity contribution >= 4 is 17.5 Å². The fourth-order valence-electron chi connectivity index (χ4n) is 2.68. The van der Waals surface area contributed by atoms with Crippen molar-refractivity contribution in [1.29, 1.82) is 0 Å². The lowest BCUT2D eigenvalue weighted by Gasteiger charge is -2.22. The molecule has 120 valence electrons. The molecule has 1 aliphatic heterocycles. The maximum atomic E-state index is 12.4. The van der Waals surface area contributed by atoms with Crippen LogP contribution in [0.3, 0.4) is 0 Å². The number of para-hydroxylation sites is 2. The molecule has 0 spiro atoms. The molecule has 7 heteroatoms. The van der Waals surface area contributed by atoms with Gasteiger partial charge in [0.1, 0.15) is 5.69 Å². The number of anilines is 1. The average molecular weight is 313 g/mol. The van der Waals surface area contributed by atoms with E-state index in [0.29, 0.717) is 17.9 Å². The number of hydrogen-bond donors (Lipinski definition) is 3. The Labute approximate surface area is 133 Å². The van der Waals surface area contributed by atoms with Crippen molar-refractivity contribution in [3.8, 4) is 5.69 Å². The van der Waals surface area contributed by atoms with Gasteiger partial charge in [-0.3, -0.25) is 9.59 Å². The predicted molar refractivity (Wildman–Crippen MR) is 86.3 cm³/mol. The second-order valence-corrected chi connectivity index (χ2v) is 5.56. The minimum absolute atomic E-state index is 0.00747. The number of amides is 2. The molecule has 1 aromatic heterocycles. The molecule has 1 atom stereocenters. The third-order valence-corrected chi connectivity index (χ3v) is 3.92. The first kappa shape index (κ1) is 15.2. The average Bonchev–Trinajstić information content (AvgIpc) is 3.06. The zero-order valence-electron chi connectivity index (χ0n) is 12.7. The summed E-state index contributed by atoms with van der Waals surface area (Å²) >= 11 is 0. The van der Waals surface area contributed by atoms with Crippen LogP contribution in [-0.4, -0.2) is 34.7 Å². The number of benzene rings is 1. The van der Waals surface area contributed by atoms with E-state index in [1.165, 1.54) is 4.68 Å². The second-order valence-electron chi connectivity index (χ2n) is 5.56. The lowest BCUT2D eigenvalue weighted by atomic mass is 9.99. The van der Waals surface area contributed by atoms with Gasteiger partial charge in [0.2, 0.25) is 5.91 Å². The van der Waals surface area contributed by atoms with Crippen LogP contribution in [0, 0.1) is 5.92 Å². The normalized spacial score (nSPS) is 17.7. The molecule has 1 aromatic carbocycles. The smallest absolute Gasteiger partial charge is 0.269 e. The molecular formula is C16H19N5O2. The maximum absolute atomic E-state index is 12.4. The van der Waals surface area contributed by atoms with Gasteiger partial charge in [-0.1, -0.05) is 12.1 Å². The van der Waals surface area contributed by atoms with Crippen LogP contribution in [0.1, 0.15) is 23.3 Å². The van der Waals surface area contributed by atoms with Crippen molar-refractivity contribution in [1.82, 2.24) is 15.1 Å². The van der Waals surface area contributed by atoms with Gasteiger partial charge < -0.3 is 16.4 Å². The second kappa shape index (κ2) is 6.62. The zero-order valence-corrected chi connectivity index (χ0v) is 12.7. The summed E-state index contributed by atoms with van der Waals surface area (Å²) in [6, 6.07) is 8.88. The minimum Gasteiger partial charge on any atom is -0.364 e. The Morgan fingerprint density at radius 1 is 1.30 bits per heavy atom. The first-order valence-electron chi connectivity index (χ1n) is 7.61. The molecule has 0 bridgehead atoms. The minimum atomic E-state index is -0.585. The summed E-state index contributed by atoms with van der Waals surface area (Å²) in [5.74, 6) is -0.624. The van der Waals surface area contributed by atoms with Crippen LogP contribution in [0.25, 0.3) is 5.69 Å². The molecule has 2 heterocycles. The topological polar surface area (TPSA) is 102 Å². The van der Waals surface area contributed by atoms with E-state index in [2.05, 4.69) is 15.7 Å². The van der Waals surface area contributed by atoms with Crippen LogP contribution in [0.5, 0.6) is 0 Å². The fraction of sp³-hybridized carbons (Fsp3) is 0.312. The number of nitrogens with one attached hydrogen (secondary N) is 2. The van der Waals surface area contributed by atoms with Gasteiger partial charge in [0.25, 0.3) is 5.91 Å². The van der Waals surface area contributed by atoms with Crippen molar-refractivity contribution in [2.45, 2.75) is 12.8 Å². The first-order valence-corrected chi connectivity index (χ1v) is 7.61. The Hall–Kier alpha value is -2.67. The Morgan fingerprint density at radius 3 is 2.83 bits per heavy atom. The van der Waals surface area contributed by atoms with Crippen molar-refractivity contribution < 1.29 is 9.59 Å². The maximum Gasteiger partial charge on any atom is 0.269 e. The highest BCUT2D eigenvalue weighted by Crippen LogP contribution is 2.21. The number of nitrogens with zero attached hydrogens (tertiary/aromatic N) is 2. The monoisotopic (exact) mass is 313 g/mol. The number of carbonyl (C=O) groups excluding carboxylic acids is 2. The standard InChI is InChI=1S/C16H19N5O2/c17-15(22)13-7-9-21(20-13)14-6-2-1-5-12(14)19-16(23)11-4-3-8-18-10-11/h1-2,5-7,9,11,18H,3-4,8,10H2,(H2,17,22)(H,19,23). The van der Waals surface area contributed by atoms with Crippen LogP contribution < -0.4 is 16.4 Å². The highest BCUT2D eigenvalue weighted by Gasteiger charge is 2.21. The number of piperidine rings is 1. The molecule has 1 aliphatic rings. The largest absolute Gasteiger partial charge is 0.364 e. The molecule has 1 unspecified atom stereocenters. The van der Waals surface area contributed by atoms with Crippen LogP contribution >= 0.6 is 0 Å². The number of carbonyl (C=O) groups is 2. The van der Waals surface area contributed by atoms with Gasteiger partial charge in [0.05, 0.1) is 17.3 Å². The van der Waals surface area contributed by atoms with Gasteiger partial charge in [0, 0.05) is 12.7 Å². The molecular weight excluding hydrogens is 294 g/mol. The Balaban J connectivity index is 1.82. The predicted octanol–water partition coefficient (Wildman–Crippen LogP) is 0.909. The van der Waals surface area contributed by atoms with Crippen LogP contribution in [0.2, 0.25) is 0 Å². The van der Waals surface area contributed by atoms with Crippen LogP contribution in [0.4, 0.5) is 5.69 Å². The van der Waals surface area contributed by atoms with Gasteiger partial charge in [-0.2, -0.15) is 5.10 Å². The lowest BCUT2D eigenvalue weighted by molar-refractivity contribution is -0.120. The molecule has 23 heavy (non-hydrogen) atoms. The van der Waals surface area contributed by atoms with Crippen molar-refractivity contribution in [3.63, 3.8) is 0 Å². The Morgan fingerprint density at radius 2 is 2.13 bits per heavy atom. The zero-order chi connectivity index (χ0) is 16.2. The highest BCUT2D eigenvalue weighted by molar-refractivity contribution is 5.95. The van der Waals surface area contributed by atoms with Crippen molar-refractivity contribution in [2.75, 3.05) is 18.4 Å². The van der Waals surface area contributed by atoms with E-state index in [0.717, 1.165) is 19.4 Å². The lowest BCUT2D eigenvalue weighted by Crippen LogP contribution is -2.37. The van der Waals surface area contributed by atoms with E-state index in [4.69, 9.17) is 5.73 Å². The quantitative estimate of drug-likeness (QED) is 0.780. The molecule has 1 fully saturated rings. The number of nitrogens with two attached hydrogens (primary N) is 1. The molecule has 0 radical (unpaired) electrons. The molecule has 1 saturated heterocycles. The summed E-state index contributed by atoms with van der Waals surface area (Å²) < 4.78 is 1.54. The summed E-state index contributed by atoms with van der Waals surface area (Å²) in [7, 11) is 0. The van der Waals surface area contributed by atoms with E-state index in [9.17, 15) is 9.59 Å². The summed E-state index contributed by atoms with van der Waals surface area (Å²) in [6.07, 6.45) is 3.53. The first-order chi connectivity index (χ1) is 11.1. The van der Waals surface area contributed by atoms with E-state index < -0.39 is 5.91 Å². The van der Waals surface area contributed by atoms with Gasteiger partial charge in [0.15, 0.2) is 0 Å². The number of hydrogen-bond acceptors (Lipinski definition) is 4. The van der Waals surface area contributed by atoms with Crippen molar-refractivity contribution in [2.24, 2.45) is 11.7 Å². The van der Waals surface area contributed by atoms with E-state index in [1.54, 1.807) is 12.3 Å². The Kier molecular flexibility index (Phi) is 4.38. The molecule has 2 amide bonds. The summed E-state index contributed by atoms with van der Waals surface area (Å²) in [5.41, 5.74) is 6.76. The number of primary amides is 1. The van der Waals surface area contributed by atoms with E-state index in [1.807, 2.05) is 24.3 Å². The van der Waals surface area contributed by atoms with E-state index >= 15 is 0 Å². The van der Waals surface area contributed by atoms with Gasteiger partial charge in [-0.25, -0.2) is 4.68 Å². The highest BCUT2D eigenvalue weighted by atomic mass is 16.2. The molecule has 2 aromatic rings. The van der Waals surface area contributed by atoms with Crippen LogP contribution in [0.15, 0.2) is 36.5 Å². The summed E-state index contributed by atoms with van der Waals surface area (Å²) in [6.45, 7) is 1.66. The van der Waals surface area contributed by atoms with Gasteiger partial charge in [-0.15, -0.1) is 0 Å². The number of rotatable bonds is 4. The van der Waals surface area contributed by atoms with Crippen molar-refractivity contribution in [3.05, 3.63) is 42.2 Å². The summed E-state index contributed by atoms with van der Waals surface area (Å²) in [4.78, 5) is 23.6. The molecule has 4 N–H and O–H groups in total. The Bertz CT molecular complexity index is 719. The third-order valence-electron chi connectivity index (χ3n) is 3.92. The van der Waals surface area contributed by atoms with Gasteiger partial charge in [-0.05, 0) is 37.6 Å². The third kappa shape index (κ3) is 3.40. The van der Waals surface area contributed by atoms with Gasteiger partial charge >= 0.3 is 0 Å². The SMILES string of the molecule is NC(=O)c1ccn(-c2ccccc2NC(=O)C2CCCNC2)n1. The van der Waals surface area contributed by atoms with Crippen LogP contribution in [-0.2, 0) is 4.79 Å². The molecule has 0 saturated carbocycles. The van der Waals surface area contributed by atoms with E-state index in [-0.39, 0.29) is 17.5 Å². The summed E-state index contributed by atoms with van der Waals surface area (Å²) in [5, 5.41) is 10.3. The number of aromatic nitrogens is 2. The molecule has 3 rings (SSSR count). The molecule has 0 aliphatic carbocycles. The fourth-order valence-corrected chi connectivity index (χ4v) is 2.68.